The van der Waals surface area contributed by atoms with Crippen LogP contribution in [0.1, 0.15) is 18.3 Å². The molecule has 1 atom stereocenters. The van der Waals surface area contributed by atoms with E-state index in [0.29, 0.717) is 0 Å². The topological polar surface area (TPSA) is 59.2 Å². The summed E-state index contributed by atoms with van der Waals surface area (Å²) >= 11 is 0. The zero-order valence-electron chi connectivity index (χ0n) is 7.71. The second kappa shape index (κ2) is 3.23. The third kappa shape index (κ3) is 1.40. The van der Waals surface area contributed by atoms with Crippen molar-refractivity contribution in [3.63, 3.8) is 0 Å². The lowest BCUT2D eigenvalue weighted by Crippen LogP contribution is -2.24. The highest BCUT2D eigenvalue weighted by atomic mass is 16.5. The van der Waals surface area contributed by atoms with Gasteiger partial charge < -0.3 is 9.63 Å². The summed E-state index contributed by atoms with van der Waals surface area (Å²) in [5.74, 6) is 0.267. The minimum Gasteiger partial charge on any atom is -0.377 e. The van der Waals surface area contributed by atoms with Crippen LogP contribution in [0.3, 0.4) is 0 Å². The summed E-state index contributed by atoms with van der Waals surface area (Å²) in [6, 6.07) is 9.22. The van der Waals surface area contributed by atoms with Crippen molar-refractivity contribution in [1.82, 2.24) is 10.1 Å². The van der Waals surface area contributed by atoms with Crippen LogP contribution in [-0.2, 0) is 5.60 Å². The first-order valence-corrected chi connectivity index (χ1v) is 4.26. The molecule has 0 radical (unpaired) electrons. The second-order valence-corrected chi connectivity index (χ2v) is 3.19. The van der Waals surface area contributed by atoms with Crippen molar-refractivity contribution in [2.75, 3.05) is 0 Å². The van der Waals surface area contributed by atoms with Gasteiger partial charge in [-0.3, -0.25) is 0 Å². The van der Waals surface area contributed by atoms with Crippen molar-refractivity contribution in [3.05, 3.63) is 48.1 Å². The number of aliphatic hydroxyl groups is 1. The van der Waals surface area contributed by atoms with E-state index in [0.717, 1.165) is 5.56 Å². The van der Waals surface area contributed by atoms with Crippen molar-refractivity contribution in [2.24, 2.45) is 0 Å². The molecule has 0 aliphatic heterocycles. The fraction of sp³-hybridized carbons (Fsp3) is 0.200. The average Bonchev–Trinajstić information content (AvgIpc) is 2.72. The van der Waals surface area contributed by atoms with Gasteiger partial charge >= 0.3 is 0 Å². The lowest BCUT2D eigenvalue weighted by atomic mass is 9.95. The first kappa shape index (κ1) is 8.90. The predicted octanol–water partition coefficient (Wildman–Crippen LogP) is 1.33. The standard InChI is InChI=1S/C10H10N2O2/c1-10(13,9-11-7-14-12-9)8-5-3-2-4-6-8/h2-7,13H,1H3. The Morgan fingerprint density at radius 3 is 2.57 bits per heavy atom. The summed E-state index contributed by atoms with van der Waals surface area (Å²) in [4.78, 5) is 3.84. The summed E-state index contributed by atoms with van der Waals surface area (Å²) in [7, 11) is 0. The fourth-order valence-electron chi connectivity index (χ4n) is 1.28. The minimum atomic E-state index is -1.20. The molecule has 4 nitrogen and oxygen atoms in total. The van der Waals surface area contributed by atoms with Gasteiger partial charge in [0.2, 0.25) is 12.2 Å². The highest BCUT2D eigenvalue weighted by Crippen LogP contribution is 2.25. The average molecular weight is 190 g/mol. The maximum Gasteiger partial charge on any atom is 0.213 e. The van der Waals surface area contributed by atoms with Crippen molar-refractivity contribution < 1.29 is 9.63 Å². The predicted molar refractivity (Wildman–Crippen MR) is 49.4 cm³/mol. The second-order valence-electron chi connectivity index (χ2n) is 3.19. The monoisotopic (exact) mass is 190 g/mol. The fourth-order valence-corrected chi connectivity index (χ4v) is 1.28. The van der Waals surface area contributed by atoms with Gasteiger partial charge in [-0.2, -0.15) is 4.98 Å². The molecule has 0 aliphatic rings. The maximum absolute atomic E-state index is 10.2. The summed E-state index contributed by atoms with van der Waals surface area (Å²) in [6.07, 6.45) is 1.20. The summed E-state index contributed by atoms with van der Waals surface area (Å²) < 4.78 is 4.60. The molecule has 14 heavy (non-hydrogen) atoms. The molecule has 0 aliphatic carbocycles. The molecule has 2 rings (SSSR count). The van der Waals surface area contributed by atoms with E-state index in [1.807, 2.05) is 30.3 Å². The summed E-state index contributed by atoms with van der Waals surface area (Å²) in [5.41, 5.74) is -0.463. The minimum absolute atomic E-state index is 0.267. The highest BCUT2D eigenvalue weighted by Gasteiger charge is 2.29. The molecular formula is C10H10N2O2. The van der Waals surface area contributed by atoms with E-state index >= 15 is 0 Å². The van der Waals surface area contributed by atoms with Crippen molar-refractivity contribution in [3.8, 4) is 0 Å². The molecule has 1 heterocycles. The summed E-state index contributed by atoms with van der Waals surface area (Å²) in [6.45, 7) is 1.63. The van der Waals surface area contributed by atoms with Crippen LogP contribution < -0.4 is 0 Å². The third-order valence-corrected chi connectivity index (χ3v) is 2.13. The van der Waals surface area contributed by atoms with E-state index < -0.39 is 5.60 Å². The van der Waals surface area contributed by atoms with Crippen molar-refractivity contribution >= 4 is 0 Å². The third-order valence-electron chi connectivity index (χ3n) is 2.13. The van der Waals surface area contributed by atoms with Gasteiger partial charge in [0.25, 0.3) is 0 Å². The highest BCUT2D eigenvalue weighted by molar-refractivity contribution is 5.27. The summed E-state index contributed by atoms with van der Waals surface area (Å²) in [5, 5.41) is 13.8. The molecule has 1 aromatic carbocycles. The molecule has 1 aromatic heterocycles. The number of aromatic nitrogens is 2. The van der Waals surface area contributed by atoms with E-state index in [-0.39, 0.29) is 5.82 Å². The smallest absolute Gasteiger partial charge is 0.213 e. The number of rotatable bonds is 2. The molecule has 0 fully saturated rings. The molecular weight excluding hydrogens is 180 g/mol. The SMILES string of the molecule is CC(O)(c1ccccc1)c1ncon1. The largest absolute Gasteiger partial charge is 0.377 e. The van der Waals surface area contributed by atoms with Crippen LogP contribution in [0.2, 0.25) is 0 Å². The molecule has 4 heteroatoms. The first-order chi connectivity index (χ1) is 6.71. The normalized spacial score (nSPS) is 15.0. The Morgan fingerprint density at radius 1 is 1.29 bits per heavy atom. The number of hydrogen-bond donors (Lipinski definition) is 1. The molecule has 0 spiro atoms. The van der Waals surface area contributed by atoms with Crippen LogP contribution in [0, 0.1) is 0 Å². The zero-order valence-corrected chi connectivity index (χ0v) is 7.71. The van der Waals surface area contributed by atoms with E-state index in [1.54, 1.807) is 6.92 Å². The molecule has 0 saturated carbocycles. The molecule has 0 bridgehead atoms. The molecule has 1 N–H and O–H groups in total. The van der Waals surface area contributed by atoms with Gasteiger partial charge in [0.05, 0.1) is 0 Å². The van der Waals surface area contributed by atoms with Crippen LogP contribution in [-0.4, -0.2) is 15.2 Å². The van der Waals surface area contributed by atoms with Gasteiger partial charge in [-0.25, -0.2) is 0 Å². The Kier molecular flexibility index (Phi) is 2.05. The van der Waals surface area contributed by atoms with Gasteiger partial charge in [-0.1, -0.05) is 35.5 Å². The quantitative estimate of drug-likeness (QED) is 0.776. The molecule has 0 amide bonds. The number of nitrogens with zero attached hydrogens (tertiary/aromatic N) is 2. The van der Waals surface area contributed by atoms with Crippen LogP contribution >= 0.6 is 0 Å². The lowest BCUT2D eigenvalue weighted by Gasteiger charge is -2.19. The lowest BCUT2D eigenvalue weighted by molar-refractivity contribution is 0.0892. The Bertz CT molecular complexity index is 395. The first-order valence-electron chi connectivity index (χ1n) is 4.26. The van der Waals surface area contributed by atoms with Gasteiger partial charge in [0, 0.05) is 0 Å². The molecule has 2 aromatic rings. The van der Waals surface area contributed by atoms with Crippen LogP contribution in [0.5, 0.6) is 0 Å². The van der Waals surface area contributed by atoms with Gasteiger partial charge in [0.1, 0.15) is 5.60 Å². The Balaban J connectivity index is 2.43. The number of hydrogen-bond acceptors (Lipinski definition) is 4. The van der Waals surface area contributed by atoms with Crippen molar-refractivity contribution in [2.45, 2.75) is 12.5 Å². The van der Waals surface area contributed by atoms with Crippen LogP contribution in [0.25, 0.3) is 0 Å². The Labute approximate surface area is 81.2 Å². The molecule has 1 unspecified atom stereocenters. The van der Waals surface area contributed by atoms with E-state index in [2.05, 4.69) is 14.7 Å². The van der Waals surface area contributed by atoms with Gasteiger partial charge in [0.15, 0.2) is 0 Å². The molecule has 0 saturated heterocycles. The van der Waals surface area contributed by atoms with Gasteiger partial charge in [-0.15, -0.1) is 0 Å². The van der Waals surface area contributed by atoms with Gasteiger partial charge in [-0.05, 0) is 12.5 Å². The van der Waals surface area contributed by atoms with Crippen LogP contribution in [0.15, 0.2) is 41.2 Å². The zero-order chi connectivity index (χ0) is 10.0. The van der Waals surface area contributed by atoms with E-state index in [1.165, 1.54) is 6.39 Å². The Hall–Kier alpha value is -1.68. The van der Waals surface area contributed by atoms with Crippen LogP contribution in [0.4, 0.5) is 0 Å². The number of benzene rings is 1. The molecule has 72 valence electrons. The maximum atomic E-state index is 10.2. The van der Waals surface area contributed by atoms with Crippen molar-refractivity contribution in [1.29, 1.82) is 0 Å². The Morgan fingerprint density at radius 2 is 2.00 bits per heavy atom. The van der Waals surface area contributed by atoms with E-state index in [9.17, 15) is 5.11 Å². The van der Waals surface area contributed by atoms with E-state index in [4.69, 9.17) is 0 Å².